The monoisotopic (exact) mass is 449 g/mol. The molecule has 0 radical (unpaired) electrons. The molecule has 1 atom stereocenters. The maximum atomic E-state index is 13.8. The Balaban J connectivity index is 2.29. The number of nitrogens with one attached hydrogen (secondary N) is 1. The smallest absolute Gasteiger partial charge is 0.341 e. The third-order valence-electron chi connectivity index (χ3n) is 4.91. The van der Waals surface area contributed by atoms with E-state index in [1.54, 1.807) is 0 Å². The molecule has 0 saturated heterocycles. The van der Waals surface area contributed by atoms with E-state index in [1.807, 2.05) is 13.8 Å². The molecule has 0 amide bonds. The lowest BCUT2D eigenvalue weighted by molar-refractivity contribution is 0.0694. The first-order valence-electron chi connectivity index (χ1n) is 9.38. The van der Waals surface area contributed by atoms with E-state index in [2.05, 4.69) is 10.3 Å². The predicted molar refractivity (Wildman–Crippen MR) is 115 cm³/mol. The third-order valence-corrected chi connectivity index (χ3v) is 5.21. The van der Waals surface area contributed by atoms with E-state index in [9.17, 15) is 24.2 Å². The van der Waals surface area contributed by atoms with E-state index in [1.165, 1.54) is 42.1 Å². The van der Waals surface area contributed by atoms with Gasteiger partial charge >= 0.3 is 5.97 Å². The normalized spacial score (nSPS) is 12.2. The molecule has 2 aromatic heterocycles. The number of hydrogen-bond acceptors (Lipinski definition) is 6. The van der Waals surface area contributed by atoms with Gasteiger partial charge in [0.2, 0.25) is 11.3 Å². The molecule has 2 heterocycles. The number of carboxylic acid groups (broad SMARTS) is 1. The van der Waals surface area contributed by atoms with E-state index < -0.39 is 28.8 Å². The number of benzene rings is 1. The third kappa shape index (κ3) is 4.33. The lowest BCUT2D eigenvalue weighted by atomic mass is 10.0. The van der Waals surface area contributed by atoms with E-state index in [0.717, 1.165) is 0 Å². The van der Waals surface area contributed by atoms with Crippen molar-refractivity contribution in [3.8, 4) is 5.88 Å². The van der Waals surface area contributed by atoms with Crippen molar-refractivity contribution in [2.45, 2.75) is 19.9 Å². The number of aliphatic hydroxyl groups excluding tert-OH is 1. The minimum atomic E-state index is -1.40. The number of nitrogens with zero attached hydrogens (tertiary/aromatic N) is 2. The van der Waals surface area contributed by atoms with Crippen LogP contribution in [0.2, 0.25) is 5.02 Å². The van der Waals surface area contributed by atoms with Crippen molar-refractivity contribution >= 4 is 40.0 Å². The van der Waals surface area contributed by atoms with Gasteiger partial charge in [-0.1, -0.05) is 25.4 Å². The largest absolute Gasteiger partial charge is 0.479 e. The number of aromatic nitrogens is 2. The predicted octanol–water partition coefficient (Wildman–Crippen LogP) is 3.83. The molecule has 0 saturated carbocycles. The maximum absolute atomic E-state index is 13.8. The Morgan fingerprint density at radius 2 is 2.06 bits per heavy atom. The van der Waals surface area contributed by atoms with E-state index >= 15 is 0 Å². The molecule has 164 valence electrons. The lowest BCUT2D eigenvalue weighted by Gasteiger charge is -2.24. The number of halogens is 2. The van der Waals surface area contributed by atoms with E-state index in [4.69, 9.17) is 16.3 Å². The van der Waals surface area contributed by atoms with Crippen LogP contribution in [0.5, 0.6) is 5.88 Å². The summed E-state index contributed by atoms with van der Waals surface area (Å²) >= 11 is 5.71. The van der Waals surface area contributed by atoms with Crippen molar-refractivity contribution in [2.24, 2.45) is 5.92 Å². The Kier molecular flexibility index (Phi) is 6.47. The Hall–Kier alpha value is -3.17. The number of hydrogen-bond donors (Lipinski definition) is 3. The number of aliphatic hydroxyl groups is 1. The van der Waals surface area contributed by atoms with Gasteiger partial charge in [-0.25, -0.2) is 9.18 Å². The quantitative estimate of drug-likeness (QED) is 0.502. The fourth-order valence-electron chi connectivity index (χ4n) is 3.25. The summed E-state index contributed by atoms with van der Waals surface area (Å²) in [7, 11) is 1.38. The van der Waals surface area contributed by atoms with Gasteiger partial charge in [-0.3, -0.25) is 4.79 Å². The molecule has 0 unspecified atom stereocenters. The number of anilines is 2. The van der Waals surface area contributed by atoms with Gasteiger partial charge in [0.15, 0.2) is 0 Å². The van der Waals surface area contributed by atoms with Gasteiger partial charge in [-0.2, -0.15) is 4.98 Å². The summed E-state index contributed by atoms with van der Waals surface area (Å²) in [5.41, 5.74) is -0.478. The number of fused-ring (bicyclic) bond motifs is 1. The second kappa shape index (κ2) is 8.91. The van der Waals surface area contributed by atoms with Gasteiger partial charge in [0.1, 0.15) is 22.7 Å². The van der Waals surface area contributed by atoms with Crippen LogP contribution in [0.15, 0.2) is 35.3 Å². The molecule has 3 N–H and O–H groups in total. The summed E-state index contributed by atoms with van der Waals surface area (Å²) in [4.78, 5) is 28.9. The van der Waals surface area contributed by atoms with Crippen LogP contribution in [-0.2, 0) is 0 Å². The van der Waals surface area contributed by atoms with Crippen LogP contribution < -0.4 is 15.5 Å². The lowest BCUT2D eigenvalue weighted by Crippen LogP contribution is -2.26. The maximum Gasteiger partial charge on any atom is 0.341 e. The van der Waals surface area contributed by atoms with Crippen molar-refractivity contribution in [1.82, 2.24) is 9.55 Å². The van der Waals surface area contributed by atoms with Crippen LogP contribution in [0.4, 0.5) is 15.8 Å². The molecule has 1 aromatic carbocycles. The second-order valence-corrected chi connectivity index (χ2v) is 7.66. The zero-order valence-corrected chi connectivity index (χ0v) is 17.8. The molecule has 8 nitrogen and oxygen atoms in total. The van der Waals surface area contributed by atoms with Gasteiger partial charge < -0.3 is 24.8 Å². The molecule has 0 bridgehead atoms. The number of pyridine rings is 2. The summed E-state index contributed by atoms with van der Waals surface area (Å²) in [5.74, 6) is -2.02. The van der Waals surface area contributed by atoms with E-state index in [-0.39, 0.29) is 40.1 Å². The van der Waals surface area contributed by atoms with Crippen molar-refractivity contribution in [2.75, 3.05) is 19.0 Å². The first-order valence-corrected chi connectivity index (χ1v) is 9.75. The van der Waals surface area contributed by atoms with Gasteiger partial charge in [0, 0.05) is 11.9 Å². The molecule has 0 aliphatic carbocycles. The van der Waals surface area contributed by atoms with E-state index in [0.29, 0.717) is 5.69 Å². The molecular weight excluding hydrogens is 429 g/mol. The van der Waals surface area contributed by atoms with Gasteiger partial charge in [0.25, 0.3) is 0 Å². The molecule has 0 aliphatic heterocycles. The number of methoxy groups -OCH3 is 1. The van der Waals surface area contributed by atoms with Gasteiger partial charge in [-0.15, -0.1) is 0 Å². The average molecular weight is 450 g/mol. The Bertz CT molecular complexity index is 1210. The molecule has 3 rings (SSSR count). The molecule has 10 heteroatoms. The first kappa shape index (κ1) is 22.5. The summed E-state index contributed by atoms with van der Waals surface area (Å²) in [6.07, 6.45) is 1.18. The number of carboxylic acids is 1. The van der Waals surface area contributed by atoms with Crippen LogP contribution >= 0.6 is 11.6 Å². The highest BCUT2D eigenvalue weighted by Gasteiger charge is 2.23. The standard InChI is InChI=1S/C21H21ClFN3O5/c1-10(2)17(9-27)26-8-13(21(29)30)18(28)12-7-16(20(31-3)25-19(12)26)24-11-4-5-14(22)15(23)6-11/h4-8,10,17,24,27H,9H2,1-3H3,(H,29,30)/t17-/m1/s1. The highest BCUT2D eigenvalue weighted by atomic mass is 35.5. The fourth-order valence-corrected chi connectivity index (χ4v) is 3.37. The second-order valence-electron chi connectivity index (χ2n) is 7.25. The number of aromatic carboxylic acids is 1. The summed E-state index contributed by atoms with van der Waals surface area (Å²) in [5, 5.41) is 22.3. The van der Waals surface area contributed by atoms with Crippen LogP contribution in [0.1, 0.15) is 30.2 Å². The Morgan fingerprint density at radius 1 is 1.35 bits per heavy atom. The molecule has 31 heavy (non-hydrogen) atoms. The fraction of sp³-hybridized carbons (Fsp3) is 0.286. The topological polar surface area (TPSA) is 114 Å². The molecular formula is C21H21ClFN3O5. The van der Waals surface area contributed by atoms with Crippen LogP contribution in [0.3, 0.4) is 0 Å². The van der Waals surface area contributed by atoms with Crippen LogP contribution in [0.25, 0.3) is 11.0 Å². The number of carbonyl (C=O) groups is 1. The van der Waals surface area contributed by atoms with Crippen LogP contribution in [-0.4, -0.2) is 39.5 Å². The average Bonchev–Trinajstić information content (AvgIpc) is 2.72. The Labute approximate surface area is 181 Å². The molecule has 0 aliphatic rings. The van der Waals surface area contributed by atoms with Gasteiger partial charge in [-0.05, 0) is 30.2 Å². The molecule has 0 fully saturated rings. The SMILES string of the molecule is COc1nc2c(cc1Nc1ccc(Cl)c(F)c1)c(=O)c(C(=O)O)cn2[C@H](CO)C(C)C. The number of rotatable bonds is 7. The Morgan fingerprint density at radius 3 is 2.61 bits per heavy atom. The highest BCUT2D eigenvalue weighted by molar-refractivity contribution is 6.30. The van der Waals surface area contributed by atoms with Crippen LogP contribution in [0, 0.1) is 11.7 Å². The summed E-state index contributed by atoms with van der Waals surface area (Å²) in [6, 6.07) is 4.93. The summed E-state index contributed by atoms with van der Waals surface area (Å²) < 4.78 is 20.6. The van der Waals surface area contributed by atoms with Crippen molar-refractivity contribution < 1.29 is 24.1 Å². The minimum Gasteiger partial charge on any atom is -0.479 e. The molecule has 0 spiro atoms. The van der Waals surface area contributed by atoms with Crippen molar-refractivity contribution in [3.63, 3.8) is 0 Å². The first-order chi connectivity index (χ1) is 14.7. The zero-order valence-electron chi connectivity index (χ0n) is 17.0. The minimum absolute atomic E-state index is 0.0109. The zero-order chi connectivity index (χ0) is 22.9. The number of ether oxygens (including phenoxy) is 1. The highest BCUT2D eigenvalue weighted by Crippen LogP contribution is 2.31. The molecule has 3 aromatic rings. The van der Waals surface area contributed by atoms with Gasteiger partial charge in [0.05, 0.1) is 30.2 Å². The summed E-state index contributed by atoms with van der Waals surface area (Å²) in [6.45, 7) is 3.42. The van der Waals surface area contributed by atoms with Crippen molar-refractivity contribution in [1.29, 1.82) is 0 Å². The van der Waals surface area contributed by atoms with Crippen molar-refractivity contribution in [3.05, 3.63) is 57.1 Å².